The Balaban J connectivity index is 0.000000182. The van der Waals surface area contributed by atoms with Crippen molar-refractivity contribution in [2.75, 3.05) is 14.2 Å². The molecule has 0 aliphatic carbocycles. The summed E-state index contributed by atoms with van der Waals surface area (Å²) in [5.41, 5.74) is 0.420. The van der Waals surface area contributed by atoms with E-state index in [1.165, 1.54) is 37.1 Å². The molecule has 24 heavy (non-hydrogen) atoms. The number of ether oxygens (including phenoxy) is 2. The van der Waals surface area contributed by atoms with E-state index < -0.39 is 11.9 Å². The Bertz CT molecular complexity index is 739. The second-order valence-electron chi connectivity index (χ2n) is 4.88. The van der Waals surface area contributed by atoms with Crippen molar-refractivity contribution in [2.24, 2.45) is 0 Å². The first kappa shape index (κ1) is 17.2. The van der Waals surface area contributed by atoms with E-state index in [4.69, 9.17) is 0 Å². The van der Waals surface area contributed by atoms with Crippen LogP contribution in [0.5, 0.6) is 0 Å². The Kier molecular flexibility index (Phi) is 6.08. The molecule has 0 N–H and O–H groups in total. The zero-order valence-corrected chi connectivity index (χ0v) is 13.6. The van der Waals surface area contributed by atoms with Gasteiger partial charge in [0.1, 0.15) is 0 Å². The molecule has 0 saturated carbocycles. The van der Waals surface area contributed by atoms with Crippen LogP contribution in [0, 0.1) is 0 Å². The molecule has 3 aromatic rings. The second-order valence-corrected chi connectivity index (χ2v) is 4.88. The van der Waals surface area contributed by atoms with Gasteiger partial charge in [-0.15, -0.1) is 0 Å². The second kappa shape index (κ2) is 8.48. The summed E-state index contributed by atoms with van der Waals surface area (Å²) in [5, 5.41) is 2.62. The molecule has 0 fully saturated rings. The molecule has 0 heterocycles. The Morgan fingerprint density at radius 2 is 0.875 bits per heavy atom. The van der Waals surface area contributed by atoms with Crippen LogP contribution in [-0.2, 0) is 9.47 Å². The molecule has 0 unspecified atom stereocenters. The summed E-state index contributed by atoms with van der Waals surface area (Å²) < 4.78 is 9.05. The Hall–Kier alpha value is -3.14. The number of benzene rings is 3. The lowest BCUT2D eigenvalue weighted by Gasteiger charge is -2.04. The fourth-order valence-electron chi connectivity index (χ4n) is 2.19. The van der Waals surface area contributed by atoms with Crippen molar-refractivity contribution in [3.8, 4) is 0 Å². The van der Waals surface area contributed by atoms with E-state index in [2.05, 4.69) is 58.0 Å². The molecule has 0 amide bonds. The van der Waals surface area contributed by atoms with E-state index in [-0.39, 0.29) is 11.1 Å². The van der Waals surface area contributed by atoms with Gasteiger partial charge in [0.2, 0.25) is 0 Å². The van der Waals surface area contributed by atoms with Crippen LogP contribution in [0.15, 0.2) is 72.8 Å². The SMILES string of the molecule is COC(=O)c1ccccc1C(=O)OC.c1ccc2ccccc2c1. The van der Waals surface area contributed by atoms with E-state index in [0.717, 1.165) is 0 Å². The highest BCUT2D eigenvalue weighted by atomic mass is 16.5. The molecular formula is C20H18O4. The maximum Gasteiger partial charge on any atom is 0.338 e. The molecular weight excluding hydrogens is 304 g/mol. The van der Waals surface area contributed by atoms with Crippen LogP contribution in [0.3, 0.4) is 0 Å². The van der Waals surface area contributed by atoms with E-state index >= 15 is 0 Å². The van der Waals surface area contributed by atoms with Crippen molar-refractivity contribution in [2.45, 2.75) is 0 Å². The number of hydrogen-bond acceptors (Lipinski definition) is 4. The first-order chi connectivity index (χ1) is 11.7. The fraction of sp³-hybridized carbons (Fsp3) is 0.100. The third kappa shape index (κ3) is 4.20. The summed E-state index contributed by atoms with van der Waals surface area (Å²) in [5.74, 6) is -1.10. The van der Waals surface area contributed by atoms with Crippen LogP contribution in [0.1, 0.15) is 20.7 Å². The first-order valence-corrected chi connectivity index (χ1v) is 7.37. The molecule has 122 valence electrons. The van der Waals surface area contributed by atoms with Crippen LogP contribution in [0.4, 0.5) is 0 Å². The smallest absolute Gasteiger partial charge is 0.338 e. The Morgan fingerprint density at radius 1 is 0.583 bits per heavy atom. The first-order valence-electron chi connectivity index (χ1n) is 7.37. The molecule has 4 heteroatoms. The molecule has 3 aromatic carbocycles. The number of methoxy groups -OCH3 is 2. The Labute approximate surface area is 140 Å². The monoisotopic (exact) mass is 322 g/mol. The highest BCUT2D eigenvalue weighted by molar-refractivity contribution is 6.03. The molecule has 0 saturated heterocycles. The number of esters is 2. The molecule has 0 aliphatic rings. The van der Waals surface area contributed by atoms with Gasteiger partial charge >= 0.3 is 11.9 Å². The minimum atomic E-state index is -0.550. The van der Waals surface area contributed by atoms with Gasteiger partial charge in [0.15, 0.2) is 0 Å². The van der Waals surface area contributed by atoms with Crippen molar-refractivity contribution < 1.29 is 19.1 Å². The van der Waals surface area contributed by atoms with Crippen molar-refractivity contribution in [1.29, 1.82) is 0 Å². The molecule has 0 atom stereocenters. The summed E-state index contributed by atoms with van der Waals surface area (Å²) in [6.45, 7) is 0. The minimum Gasteiger partial charge on any atom is -0.465 e. The van der Waals surface area contributed by atoms with Crippen LogP contribution < -0.4 is 0 Å². The van der Waals surface area contributed by atoms with E-state index in [1.807, 2.05) is 0 Å². The van der Waals surface area contributed by atoms with Crippen molar-refractivity contribution in [1.82, 2.24) is 0 Å². The topological polar surface area (TPSA) is 52.6 Å². The van der Waals surface area contributed by atoms with E-state index in [0.29, 0.717) is 0 Å². The molecule has 0 spiro atoms. The highest BCUT2D eigenvalue weighted by Gasteiger charge is 2.16. The number of fused-ring (bicyclic) bond motifs is 1. The average molecular weight is 322 g/mol. The summed E-state index contributed by atoms with van der Waals surface area (Å²) >= 11 is 0. The average Bonchev–Trinajstić information content (AvgIpc) is 2.67. The zero-order chi connectivity index (χ0) is 17.4. The zero-order valence-electron chi connectivity index (χ0n) is 13.6. The van der Waals surface area contributed by atoms with E-state index in [9.17, 15) is 9.59 Å². The number of rotatable bonds is 2. The largest absolute Gasteiger partial charge is 0.465 e. The molecule has 0 aliphatic heterocycles. The van der Waals surface area contributed by atoms with Crippen LogP contribution in [0.2, 0.25) is 0 Å². The normalized spacial score (nSPS) is 9.58. The third-order valence-electron chi connectivity index (χ3n) is 3.40. The molecule has 4 nitrogen and oxygen atoms in total. The number of carbonyl (C=O) groups is 2. The lowest BCUT2D eigenvalue weighted by atomic mass is 10.1. The lowest BCUT2D eigenvalue weighted by molar-refractivity contribution is 0.0555. The number of hydrogen-bond donors (Lipinski definition) is 0. The van der Waals surface area contributed by atoms with Gasteiger partial charge in [0.25, 0.3) is 0 Å². The lowest BCUT2D eigenvalue weighted by Crippen LogP contribution is -2.11. The number of carbonyl (C=O) groups excluding carboxylic acids is 2. The van der Waals surface area contributed by atoms with Crippen molar-refractivity contribution >= 4 is 22.7 Å². The van der Waals surface area contributed by atoms with Crippen LogP contribution in [0.25, 0.3) is 10.8 Å². The van der Waals surface area contributed by atoms with Gasteiger partial charge in [-0.2, -0.15) is 0 Å². The standard InChI is InChI=1S/C10H10O4.C10H8/c1-13-9(11)7-5-3-4-6-8(7)10(12)14-2;1-2-6-10-8-4-3-7-9(10)5-1/h3-6H,1-2H3;1-8H. The molecule has 0 aromatic heterocycles. The van der Waals surface area contributed by atoms with Crippen molar-refractivity contribution in [3.63, 3.8) is 0 Å². The van der Waals surface area contributed by atoms with Gasteiger partial charge in [-0.1, -0.05) is 60.7 Å². The van der Waals surface area contributed by atoms with E-state index in [1.54, 1.807) is 12.1 Å². The summed E-state index contributed by atoms with van der Waals surface area (Å²) in [6.07, 6.45) is 0. The summed E-state index contributed by atoms with van der Waals surface area (Å²) in [7, 11) is 2.52. The predicted octanol–water partition coefficient (Wildman–Crippen LogP) is 4.10. The van der Waals surface area contributed by atoms with Crippen LogP contribution >= 0.6 is 0 Å². The van der Waals surface area contributed by atoms with Gasteiger partial charge in [0.05, 0.1) is 25.3 Å². The van der Waals surface area contributed by atoms with Gasteiger partial charge in [-0.3, -0.25) is 0 Å². The maximum absolute atomic E-state index is 11.2. The van der Waals surface area contributed by atoms with Crippen LogP contribution in [-0.4, -0.2) is 26.2 Å². The maximum atomic E-state index is 11.2. The molecule has 0 bridgehead atoms. The third-order valence-corrected chi connectivity index (χ3v) is 3.40. The van der Waals surface area contributed by atoms with Gasteiger partial charge < -0.3 is 9.47 Å². The summed E-state index contributed by atoms with van der Waals surface area (Å²) in [4.78, 5) is 22.4. The van der Waals surface area contributed by atoms with Crippen molar-refractivity contribution in [3.05, 3.63) is 83.9 Å². The highest BCUT2D eigenvalue weighted by Crippen LogP contribution is 2.11. The molecule has 0 radical (unpaired) electrons. The minimum absolute atomic E-state index is 0.210. The van der Waals surface area contributed by atoms with Gasteiger partial charge in [0, 0.05) is 0 Å². The quantitative estimate of drug-likeness (QED) is 0.667. The van der Waals surface area contributed by atoms with Gasteiger partial charge in [-0.05, 0) is 22.9 Å². The molecule has 3 rings (SSSR count). The Morgan fingerprint density at radius 3 is 1.17 bits per heavy atom. The fourth-order valence-corrected chi connectivity index (χ4v) is 2.19. The summed E-state index contributed by atoms with van der Waals surface area (Å²) in [6, 6.07) is 23.0. The van der Waals surface area contributed by atoms with Gasteiger partial charge in [-0.25, -0.2) is 9.59 Å². The predicted molar refractivity (Wildman–Crippen MR) is 93.1 cm³/mol.